The van der Waals surface area contributed by atoms with Crippen LogP contribution in [0.2, 0.25) is 0 Å². The summed E-state index contributed by atoms with van der Waals surface area (Å²) in [6.07, 6.45) is 5.52. The summed E-state index contributed by atoms with van der Waals surface area (Å²) in [4.78, 5) is 12.2. The molecular formula is C30H57NaO12. The van der Waals surface area contributed by atoms with Crippen LogP contribution in [0.3, 0.4) is 0 Å². The molecule has 0 radical (unpaired) electrons. The molecule has 0 aromatic heterocycles. The average molecular weight is 633 g/mol. The normalized spacial score (nSPS) is 32.5. The second kappa shape index (κ2) is 22.6. The third-order valence-corrected chi connectivity index (χ3v) is 8.28. The van der Waals surface area contributed by atoms with Gasteiger partial charge in [0.05, 0.1) is 6.61 Å². The van der Waals surface area contributed by atoms with E-state index in [0.29, 0.717) is 6.42 Å². The molecule has 0 spiro atoms. The number of ether oxygens (including phenoxy) is 4. The van der Waals surface area contributed by atoms with Crippen molar-refractivity contribution in [3.05, 3.63) is 0 Å². The first-order chi connectivity index (χ1) is 20.2. The Labute approximate surface area is 279 Å². The Bertz CT molecular complexity index is 740. The van der Waals surface area contributed by atoms with Crippen LogP contribution in [0.25, 0.3) is 0 Å². The number of hydrogen-bond donors (Lipinski definition) is 7. The number of aliphatic hydroxyl groups is 7. The van der Waals surface area contributed by atoms with E-state index in [2.05, 4.69) is 6.92 Å². The SMILES string of the molecule is CCCCCCCCCCCCCCCCCC(=O)OC[C@H]1O[C@H](O[C@]2(CO)O[C@H](CO)[C@@H](O)[C@@H]2O)[C@H](O)[C@@H](O)[C@@H]1O.[H-].[Na+]. The monoisotopic (exact) mass is 632 g/mol. The van der Waals surface area contributed by atoms with Gasteiger partial charge in [0.25, 0.3) is 0 Å². The van der Waals surface area contributed by atoms with Crippen molar-refractivity contribution < 1.29 is 90.5 Å². The maximum Gasteiger partial charge on any atom is 1.00 e. The quantitative estimate of drug-likeness (QED) is 0.0417. The molecule has 0 aromatic rings. The maximum atomic E-state index is 12.2. The summed E-state index contributed by atoms with van der Waals surface area (Å²) in [6.45, 7) is 0.146. The first kappa shape index (κ1) is 41.1. The molecule has 0 bridgehead atoms. The van der Waals surface area contributed by atoms with Crippen molar-refractivity contribution in [2.75, 3.05) is 19.8 Å². The molecule has 2 rings (SSSR count). The molecule has 2 aliphatic rings. The molecule has 250 valence electrons. The van der Waals surface area contributed by atoms with Crippen LogP contribution in [0, 0.1) is 0 Å². The van der Waals surface area contributed by atoms with Crippen molar-refractivity contribution in [1.82, 2.24) is 0 Å². The van der Waals surface area contributed by atoms with E-state index < -0.39 is 80.6 Å². The van der Waals surface area contributed by atoms with Crippen LogP contribution in [0.5, 0.6) is 0 Å². The van der Waals surface area contributed by atoms with Gasteiger partial charge in [0.1, 0.15) is 55.9 Å². The zero-order valence-corrected chi connectivity index (χ0v) is 28.2. The molecule has 9 atom stereocenters. The van der Waals surface area contributed by atoms with Gasteiger partial charge in [-0.1, -0.05) is 96.8 Å². The molecular weight excluding hydrogens is 575 g/mol. The van der Waals surface area contributed by atoms with Crippen LogP contribution in [-0.4, -0.2) is 116 Å². The first-order valence-electron chi connectivity index (χ1n) is 16.0. The summed E-state index contributed by atoms with van der Waals surface area (Å²) < 4.78 is 21.5. The molecule has 2 saturated heterocycles. The van der Waals surface area contributed by atoms with E-state index in [9.17, 15) is 40.5 Å². The van der Waals surface area contributed by atoms with Gasteiger partial charge in [-0.15, -0.1) is 0 Å². The molecule has 2 heterocycles. The van der Waals surface area contributed by atoms with Gasteiger partial charge in [-0.2, -0.15) is 0 Å². The van der Waals surface area contributed by atoms with Crippen LogP contribution in [0.15, 0.2) is 0 Å². The van der Waals surface area contributed by atoms with E-state index in [4.69, 9.17) is 18.9 Å². The van der Waals surface area contributed by atoms with Gasteiger partial charge in [0.2, 0.25) is 5.79 Å². The molecule has 0 aromatic carbocycles. The van der Waals surface area contributed by atoms with Crippen molar-refractivity contribution in [3.63, 3.8) is 0 Å². The summed E-state index contributed by atoms with van der Waals surface area (Å²) in [6, 6.07) is 0. The fourth-order valence-corrected chi connectivity index (χ4v) is 5.51. The third kappa shape index (κ3) is 13.4. The van der Waals surface area contributed by atoms with Crippen molar-refractivity contribution in [2.24, 2.45) is 0 Å². The number of aliphatic hydroxyl groups excluding tert-OH is 7. The molecule has 0 aliphatic carbocycles. The van der Waals surface area contributed by atoms with E-state index >= 15 is 0 Å². The van der Waals surface area contributed by atoms with E-state index in [1.807, 2.05) is 0 Å². The summed E-state index contributed by atoms with van der Waals surface area (Å²) in [5.74, 6) is -2.76. The topological polar surface area (TPSA) is 196 Å². The van der Waals surface area contributed by atoms with Crippen LogP contribution in [0.4, 0.5) is 0 Å². The number of rotatable bonds is 22. The van der Waals surface area contributed by atoms with Gasteiger partial charge >= 0.3 is 35.5 Å². The van der Waals surface area contributed by atoms with Crippen molar-refractivity contribution in [1.29, 1.82) is 0 Å². The number of carbonyl (C=O) groups excluding carboxylic acids is 1. The fraction of sp³-hybridized carbons (Fsp3) is 0.967. The minimum atomic E-state index is -2.27. The zero-order chi connectivity index (χ0) is 31.0. The van der Waals surface area contributed by atoms with Gasteiger partial charge in [0.15, 0.2) is 6.29 Å². The maximum absolute atomic E-state index is 12.2. The molecule has 43 heavy (non-hydrogen) atoms. The fourth-order valence-electron chi connectivity index (χ4n) is 5.51. The largest absolute Gasteiger partial charge is 1.00 e. The standard InChI is InChI=1S/C30H56O12.Na.H/c1-2-3-4-5-6-7-8-9-10-11-12-13-14-15-16-17-23(33)39-19-22-24(34)26(36)27(37)29(40-22)42-30(20-32)28(38)25(35)21(18-31)41-30;;/h21-22,24-29,31-32,34-38H,2-20H2,1H3;;/q;+1;-1/t21-,22-,24-,25-,26+,27-,28+,29-,30+;;/m1../s1. The molecule has 0 amide bonds. The number of esters is 1. The Kier molecular flexibility index (Phi) is 21.6. The number of carbonyl (C=O) groups is 1. The Morgan fingerprint density at radius 2 is 1.23 bits per heavy atom. The van der Waals surface area contributed by atoms with E-state index in [0.717, 1.165) is 19.3 Å². The Balaban J connectivity index is 0.00000924. The summed E-state index contributed by atoms with van der Waals surface area (Å²) in [5, 5.41) is 70.5. The van der Waals surface area contributed by atoms with Gasteiger partial charge in [-0.3, -0.25) is 4.79 Å². The minimum absolute atomic E-state index is 0. The van der Waals surface area contributed by atoms with E-state index in [1.54, 1.807) is 0 Å². The average Bonchev–Trinajstić information content (AvgIpc) is 3.23. The molecule has 0 saturated carbocycles. The zero-order valence-electron chi connectivity index (χ0n) is 27.2. The molecule has 2 aliphatic heterocycles. The molecule has 2 fully saturated rings. The van der Waals surface area contributed by atoms with Crippen LogP contribution < -0.4 is 29.6 Å². The number of hydrogen-bond acceptors (Lipinski definition) is 12. The smallest absolute Gasteiger partial charge is 1.00 e. The second-order valence-electron chi connectivity index (χ2n) is 11.8. The molecule has 12 nitrogen and oxygen atoms in total. The van der Waals surface area contributed by atoms with Crippen molar-refractivity contribution in [3.8, 4) is 0 Å². The van der Waals surface area contributed by atoms with Crippen molar-refractivity contribution in [2.45, 2.75) is 164 Å². The summed E-state index contributed by atoms with van der Waals surface area (Å²) in [7, 11) is 0. The molecule has 7 N–H and O–H groups in total. The van der Waals surface area contributed by atoms with Gasteiger partial charge in [-0.05, 0) is 6.42 Å². The second-order valence-corrected chi connectivity index (χ2v) is 11.8. The Morgan fingerprint density at radius 3 is 1.70 bits per heavy atom. The molecule has 13 heteroatoms. The molecule has 0 unspecified atom stereocenters. The van der Waals surface area contributed by atoms with E-state index in [-0.39, 0.29) is 37.4 Å². The van der Waals surface area contributed by atoms with Crippen LogP contribution in [-0.2, 0) is 23.7 Å². The predicted octanol–water partition coefficient (Wildman–Crippen LogP) is -1.47. The Hall–Kier alpha value is 0.0700. The predicted molar refractivity (Wildman–Crippen MR) is 153 cm³/mol. The van der Waals surface area contributed by atoms with Gasteiger partial charge in [-0.25, -0.2) is 0 Å². The van der Waals surface area contributed by atoms with Crippen LogP contribution in [0.1, 0.15) is 111 Å². The van der Waals surface area contributed by atoms with Crippen LogP contribution >= 0.6 is 0 Å². The summed E-state index contributed by atoms with van der Waals surface area (Å²) in [5.41, 5.74) is 0. The minimum Gasteiger partial charge on any atom is -1.00 e. The summed E-state index contributed by atoms with van der Waals surface area (Å²) >= 11 is 0. The first-order valence-corrected chi connectivity index (χ1v) is 16.0. The van der Waals surface area contributed by atoms with Gasteiger partial charge < -0.3 is 56.1 Å². The third-order valence-electron chi connectivity index (χ3n) is 8.28. The van der Waals surface area contributed by atoms with Gasteiger partial charge in [0, 0.05) is 6.42 Å². The van der Waals surface area contributed by atoms with Crippen molar-refractivity contribution >= 4 is 5.97 Å². The van der Waals surface area contributed by atoms with E-state index in [1.165, 1.54) is 70.6 Å². The Morgan fingerprint density at radius 1 is 0.721 bits per heavy atom. The number of unbranched alkanes of at least 4 members (excludes halogenated alkanes) is 14.